The Kier molecular flexibility index (Phi) is 5.24. The van der Waals surface area contributed by atoms with Crippen molar-refractivity contribution in [2.45, 2.75) is 0 Å². The van der Waals surface area contributed by atoms with Gasteiger partial charge in [0, 0.05) is 15.6 Å². The number of nitrogens with zero attached hydrogens (tertiary/aromatic N) is 1. The molecule has 0 bridgehead atoms. The number of hydrazone groups is 1. The van der Waals surface area contributed by atoms with Crippen molar-refractivity contribution in [1.29, 1.82) is 0 Å². The first kappa shape index (κ1) is 17.0. The van der Waals surface area contributed by atoms with Crippen LogP contribution in [0.4, 0.5) is 0 Å². The number of hydrogen-bond acceptors (Lipinski definition) is 5. The van der Waals surface area contributed by atoms with E-state index in [1.54, 1.807) is 31.4 Å². The number of hydrogen-bond donors (Lipinski definition) is 1. The maximum atomic E-state index is 12.1. The minimum Gasteiger partial charge on any atom is -0.496 e. The Balaban J connectivity index is 1.71. The number of rotatable bonds is 4. The number of ether oxygens (including phenoxy) is 3. The smallest absolute Gasteiger partial charge is 0.271 e. The topological polar surface area (TPSA) is 69.2 Å². The summed E-state index contributed by atoms with van der Waals surface area (Å²) in [4.78, 5) is 12.1. The van der Waals surface area contributed by atoms with E-state index < -0.39 is 0 Å². The van der Waals surface area contributed by atoms with Crippen molar-refractivity contribution in [3.05, 3.63) is 49.5 Å². The van der Waals surface area contributed by atoms with Crippen molar-refractivity contribution >= 4 is 50.6 Å². The van der Waals surface area contributed by atoms with Crippen LogP contribution < -0.4 is 19.6 Å². The minimum absolute atomic E-state index is 0.202. The normalized spacial score (nSPS) is 12.5. The molecule has 3 rings (SSSR count). The van der Waals surface area contributed by atoms with Gasteiger partial charge in [0.05, 0.1) is 16.9 Å². The molecule has 0 fully saturated rings. The van der Waals surface area contributed by atoms with E-state index in [0.29, 0.717) is 22.8 Å². The van der Waals surface area contributed by atoms with E-state index in [-0.39, 0.29) is 12.7 Å². The van der Waals surface area contributed by atoms with E-state index in [0.717, 1.165) is 13.6 Å². The predicted octanol–water partition coefficient (Wildman–Crippen LogP) is 3.55. The molecule has 0 aliphatic carbocycles. The van der Waals surface area contributed by atoms with Gasteiger partial charge in [0.2, 0.25) is 6.79 Å². The van der Waals surface area contributed by atoms with Crippen LogP contribution in [0.2, 0.25) is 0 Å². The molecule has 6 nitrogen and oxygen atoms in total. The van der Waals surface area contributed by atoms with Crippen molar-refractivity contribution < 1.29 is 19.0 Å². The number of nitrogens with one attached hydrogen (secondary N) is 1. The number of carbonyl (C=O) groups excluding carboxylic acids is 1. The Morgan fingerprint density at radius 1 is 1.33 bits per heavy atom. The van der Waals surface area contributed by atoms with Gasteiger partial charge in [0.25, 0.3) is 5.91 Å². The van der Waals surface area contributed by atoms with Gasteiger partial charge in [-0.2, -0.15) is 5.10 Å². The molecule has 0 saturated carbocycles. The summed E-state index contributed by atoms with van der Waals surface area (Å²) in [7, 11) is 1.56. The van der Waals surface area contributed by atoms with Gasteiger partial charge < -0.3 is 14.2 Å². The Morgan fingerprint density at radius 2 is 2.08 bits per heavy atom. The molecule has 0 radical (unpaired) electrons. The molecule has 1 heterocycles. The van der Waals surface area contributed by atoms with Crippen molar-refractivity contribution in [1.82, 2.24) is 5.43 Å². The van der Waals surface area contributed by atoms with Gasteiger partial charge in [0.1, 0.15) is 5.75 Å². The van der Waals surface area contributed by atoms with E-state index in [2.05, 4.69) is 49.0 Å². The van der Waals surface area contributed by atoms with Gasteiger partial charge in [-0.3, -0.25) is 4.79 Å². The third-order valence-corrected chi connectivity index (χ3v) is 4.85. The average Bonchev–Trinajstić information content (AvgIpc) is 3.02. The van der Waals surface area contributed by atoms with E-state index in [9.17, 15) is 4.79 Å². The molecule has 24 heavy (non-hydrogen) atoms. The summed E-state index contributed by atoms with van der Waals surface area (Å²) in [5.41, 5.74) is 3.72. The van der Waals surface area contributed by atoms with Crippen LogP contribution in [0.15, 0.2) is 39.9 Å². The number of amides is 1. The summed E-state index contributed by atoms with van der Waals surface area (Å²) in [5.74, 6) is 1.64. The molecular weight excluding hydrogens is 491 g/mol. The fourth-order valence-corrected chi connectivity index (χ4v) is 3.04. The van der Waals surface area contributed by atoms with Crippen molar-refractivity contribution in [2.24, 2.45) is 5.10 Å². The molecule has 0 saturated heterocycles. The van der Waals surface area contributed by atoms with Crippen LogP contribution in [0.5, 0.6) is 17.2 Å². The lowest BCUT2D eigenvalue weighted by molar-refractivity contribution is 0.0954. The molecule has 2 aromatic carbocycles. The highest BCUT2D eigenvalue weighted by Crippen LogP contribution is 2.36. The van der Waals surface area contributed by atoms with Crippen LogP contribution in [0.25, 0.3) is 0 Å². The lowest BCUT2D eigenvalue weighted by atomic mass is 10.2. The van der Waals surface area contributed by atoms with Gasteiger partial charge in [-0.25, -0.2) is 5.43 Å². The Bertz CT molecular complexity index is 826. The number of benzene rings is 2. The summed E-state index contributed by atoms with van der Waals surface area (Å²) in [6, 6.07) is 8.78. The fraction of sp³-hybridized carbons (Fsp3) is 0.125. The second kappa shape index (κ2) is 7.39. The summed E-state index contributed by atoms with van der Waals surface area (Å²) >= 11 is 5.57. The average molecular weight is 503 g/mol. The van der Waals surface area contributed by atoms with Gasteiger partial charge in [0.15, 0.2) is 11.5 Å². The number of carbonyl (C=O) groups is 1. The molecule has 124 valence electrons. The standard InChI is InChI=1S/C16H12BrIN2O4/c1-22-13-4-9(2-3-12(13)18)16(21)20-19-7-10-5-14-15(6-11(10)17)24-8-23-14/h2-7H,8H2,1H3,(H,20,21)/b19-7+. The van der Waals surface area contributed by atoms with Crippen LogP contribution >= 0.6 is 38.5 Å². The van der Waals surface area contributed by atoms with Crippen LogP contribution in [0.3, 0.4) is 0 Å². The van der Waals surface area contributed by atoms with Crippen LogP contribution in [0.1, 0.15) is 15.9 Å². The molecule has 1 aliphatic rings. The zero-order valence-electron chi connectivity index (χ0n) is 12.5. The molecule has 0 atom stereocenters. The first-order chi connectivity index (χ1) is 11.6. The Hall–Kier alpha value is -1.81. The van der Waals surface area contributed by atoms with Crippen molar-refractivity contribution in [3.8, 4) is 17.2 Å². The predicted molar refractivity (Wildman–Crippen MR) is 101 cm³/mol. The quantitative estimate of drug-likeness (QED) is 0.394. The fourth-order valence-electron chi connectivity index (χ4n) is 2.06. The highest BCUT2D eigenvalue weighted by Gasteiger charge is 2.15. The van der Waals surface area contributed by atoms with Crippen LogP contribution in [-0.2, 0) is 0 Å². The van der Waals surface area contributed by atoms with E-state index in [1.807, 2.05) is 6.07 Å². The second-order valence-electron chi connectivity index (χ2n) is 4.78. The van der Waals surface area contributed by atoms with Crippen LogP contribution in [-0.4, -0.2) is 26.0 Å². The maximum absolute atomic E-state index is 12.1. The third kappa shape index (κ3) is 3.64. The zero-order chi connectivity index (χ0) is 17.1. The molecule has 0 aromatic heterocycles. The lowest BCUT2D eigenvalue weighted by Gasteiger charge is -2.06. The summed E-state index contributed by atoms with van der Waals surface area (Å²) in [5, 5.41) is 3.99. The Labute approximate surface area is 160 Å². The summed E-state index contributed by atoms with van der Waals surface area (Å²) < 4.78 is 17.5. The SMILES string of the molecule is COc1cc(C(=O)N/N=C/c2cc3c(cc2Br)OCO3)ccc1I. The number of methoxy groups -OCH3 is 1. The molecule has 0 unspecified atom stereocenters. The second-order valence-corrected chi connectivity index (χ2v) is 6.79. The first-order valence-corrected chi connectivity index (χ1v) is 8.72. The summed E-state index contributed by atoms with van der Waals surface area (Å²) in [6.45, 7) is 0.202. The van der Waals surface area contributed by atoms with E-state index in [4.69, 9.17) is 14.2 Å². The Morgan fingerprint density at radius 3 is 2.83 bits per heavy atom. The molecular formula is C16H12BrIN2O4. The van der Waals surface area contributed by atoms with Crippen molar-refractivity contribution in [2.75, 3.05) is 13.9 Å². The first-order valence-electron chi connectivity index (χ1n) is 6.84. The maximum Gasteiger partial charge on any atom is 0.271 e. The summed E-state index contributed by atoms with van der Waals surface area (Å²) in [6.07, 6.45) is 1.54. The monoisotopic (exact) mass is 502 g/mol. The van der Waals surface area contributed by atoms with Gasteiger partial charge in [-0.05, 0) is 68.9 Å². The minimum atomic E-state index is -0.321. The molecule has 0 spiro atoms. The van der Waals surface area contributed by atoms with Gasteiger partial charge >= 0.3 is 0 Å². The van der Waals surface area contributed by atoms with E-state index in [1.165, 1.54) is 6.21 Å². The van der Waals surface area contributed by atoms with Gasteiger partial charge in [-0.1, -0.05) is 0 Å². The van der Waals surface area contributed by atoms with Gasteiger partial charge in [-0.15, -0.1) is 0 Å². The number of halogens is 2. The molecule has 1 aliphatic heterocycles. The van der Waals surface area contributed by atoms with E-state index >= 15 is 0 Å². The molecule has 8 heteroatoms. The lowest BCUT2D eigenvalue weighted by Crippen LogP contribution is -2.17. The number of fused-ring (bicyclic) bond motifs is 1. The largest absolute Gasteiger partial charge is 0.496 e. The molecule has 1 amide bonds. The highest BCUT2D eigenvalue weighted by atomic mass is 127. The highest BCUT2D eigenvalue weighted by molar-refractivity contribution is 14.1. The van der Waals surface area contributed by atoms with Crippen molar-refractivity contribution in [3.63, 3.8) is 0 Å². The van der Waals surface area contributed by atoms with Crippen LogP contribution in [0, 0.1) is 3.57 Å². The molecule has 1 N–H and O–H groups in total. The zero-order valence-corrected chi connectivity index (χ0v) is 16.3. The third-order valence-electron chi connectivity index (χ3n) is 3.27. The molecule has 2 aromatic rings.